The van der Waals surface area contributed by atoms with Crippen LogP contribution in [0.4, 0.5) is 0 Å². The van der Waals surface area contributed by atoms with Gasteiger partial charge in [0.2, 0.25) is 11.8 Å². The number of methoxy groups -OCH3 is 1. The number of aliphatic hydroxyl groups excluding tert-OH is 1. The van der Waals surface area contributed by atoms with Crippen LogP contribution in [0.5, 0.6) is 0 Å². The zero-order valence-corrected chi connectivity index (χ0v) is 10.2. The van der Waals surface area contributed by atoms with Crippen LogP contribution >= 0.6 is 0 Å². The molecule has 100 valence electrons. The first kappa shape index (κ1) is 12.1. The number of aliphatic hydroxyl groups is 1. The number of carbonyl (C=O) groups excluding carboxylic acids is 2. The van der Waals surface area contributed by atoms with Gasteiger partial charge in [-0.05, 0) is 12.8 Å². The van der Waals surface area contributed by atoms with Crippen LogP contribution in [0, 0.1) is 11.8 Å². The molecule has 3 aliphatic rings. The number of fused-ring (bicyclic) bond motifs is 5. The van der Waals surface area contributed by atoms with Gasteiger partial charge in [0.15, 0.2) is 0 Å². The molecule has 0 radical (unpaired) electrons. The molecule has 5 atom stereocenters. The maximum atomic E-state index is 12.2. The fraction of sp³-hybridized carbons (Fsp3) is 0.833. The smallest absolute Gasteiger partial charge is 0.235 e. The summed E-state index contributed by atoms with van der Waals surface area (Å²) in [7, 11) is 1.46. The molecular formula is C12H17NO5. The lowest BCUT2D eigenvalue weighted by atomic mass is 9.81. The predicted octanol–water partition coefficient (Wildman–Crippen LogP) is -0.844. The van der Waals surface area contributed by atoms with Crippen LogP contribution in [0.25, 0.3) is 0 Å². The fourth-order valence-electron chi connectivity index (χ4n) is 3.36. The summed E-state index contributed by atoms with van der Waals surface area (Å²) in [5, 5.41) is 9.08. The quantitative estimate of drug-likeness (QED) is 0.663. The largest absolute Gasteiger partial charge is 0.394 e. The zero-order chi connectivity index (χ0) is 12.9. The number of amides is 2. The summed E-state index contributed by atoms with van der Waals surface area (Å²) in [5.41, 5.74) is 0. The first-order valence-electron chi connectivity index (χ1n) is 6.31. The van der Waals surface area contributed by atoms with Crippen molar-refractivity contribution in [1.82, 2.24) is 4.90 Å². The number of carbonyl (C=O) groups is 2. The monoisotopic (exact) mass is 255 g/mol. The van der Waals surface area contributed by atoms with E-state index < -0.39 is 6.10 Å². The minimum atomic E-state index is -0.504. The number of hydrogen-bond donors (Lipinski definition) is 1. The summed E-state index contributed by atoms with van der Waals surface area (Å²) < 4.78 is 10.7. The van der Waals surface area contributed by atoms with Crippen molar-refractivity contribution < 1.29 is 24.2 Å². The van der Waals surface area contributed by atoms with Crippen molar-refractivity contribution in [2.75, 3.05) is 20.3 Å². The third-order valence-electron chi connectivity index (χ3n) is 4.30. The lowest BCUT2D eigenvalue weighted by Gasteiger charge is -2.21. The Bertz CT molecular complexity index is 353. The average Bonchev–Trinajstić information content (AvgIpc) is 3.03. The van der Waals surface area contributed by atoms with Crippen LogP contribution in [0.3, 0.4) is 0 Å². The van der Waals surface area contributed by atoms with E-state index in [-0.39, 0.29) is 49.0 Å². The molecule has 1 N–H and O–H groups in total. The lowest BCUT2D eigenvalue weighted by Crippen LogP contribution is -2.41. The molecule has 0 aromatic carbocycles. The highest BCUT2D eigenvalue weighted by molar-refractivity contribution is 6.06. The van der Waals surface area contributed by atoms with Gasteiger partial charge >= 0.3 is 0 Å². The zero-order valence-electron chi connectivity index (χ0n) is 10.2. The third-order valence-corrected chi connectivity index (χ3v) is 4.30. The summed E-state index contributed by atoms with van der Waals surface area (Å²) in [6, 6.07) is 0. The van der Waals surface area contributed by atoms with Crippen molar-refractivity contribution in [3.63, 3.8) is 0 Å². The van der Waals surface area contributed by atoms with E-state index in [1.54, 1.807) is 0 Å². The van der Waals surface area contributed by atoms with E-state index >= 15 is 0 Å². The SMILES string of the molecule is COC(CO)CN1C(=O)C2C3CCC(O3)[C@@H]2C1=O. The van der Waals surface area contributed by atoms with E-state index in [0.717, 1.165) is 12.8 Å². The van der Waals surface area contributed by atoms with Gasteiger partial charge in [-0.2, -0.15) is 0 Å². The number of rotatable bonds is 4. The second kappa shape index (κ2) is 4.29. The first-order valence-corrected chi connectivity index (χ1v) is 6.31. The van der Waals surface area contributed by atoms with Gasteiger partial charge in [0, 0.05) is 7.11 Å². The van der Waals surface area contributed by atoms with Gasteiger partial charge in [0.25, 0.3) is 0 Å². The van der Waals surface area contributed by atoms with Crippen LogP contribution in [0.1, 0.15) is 12.8 Å². The van der Waals surface area contributed by atoms with Gasteiger partial charge in [-0.3, -0.25) is 14.5 Å². The molecule has 6 nitrogen and oxygen atoms in total. The van der Waals surface area contributed by atoms with Crippen molar-refractivity contribution >= 4 is 11.8 Å². The first-order chi connectivity index (χ1) is 8.67. The second-order valence-corrected chi connectivity index (χ2v) is 5.17. The number of ether oxygens (including phenoxy) is 2. The van der Waals surface area contributed by atoms with Crippen LogP contribution in [-0.4, -0.2) is 60.4 Å². The topological polar surface area (TPSA) is 76.1 Å². The minimum absolute atomic E-state index is 0.0865. The van der Waals surface area contributed by atoms with E-state index in [2.05, 4.69) is 0 Å². The average molecular weight is 255 g/mol. The van der Waals surface area contributed by atoms with Crippen molar-refractivity contribution in [2.24, 2.45) is 11.8 Å². The Labute approximate surface area is 105 Å². The van der Waals surface area contributed by atoms with Gasteiger partial charge in [-0.25, -0.2) is 0 Å². The Balaban J connectivity index is 1.78. The number of imide groups is 1. The molecule has 2 amide bonds. The highest BCUT2D eigenvalue weighted by atomic mass is 16.5. The van der Waals surface area contributed by atoms with Gasteiger partial charge < -0.3 is 14.6 Å². The molecule has 0 aliphatic carbocycles. The fourth-order valence-corrected chi connectivity index (χ4v) is 3.36. The summed E-state index contributed by atoms with van der Waals surface area (Å²) in [4.78, 5) is 25.7. The van der Waals surface area contributed by atoms with Gasteiger partial charge in [-0.1, -0.05) is 0 Å². The highest BCUT2D eigenvalue weighted by Crippen LogP contribution is 2.48. The maximum Gasteiger partial charge on any atom is 0.235 e. The molecule has 0 aromatic rings. The van der Waals surface area contributed by atoms with E-state index in [1.807, 2.05) is 0 Å². The molecule has 4 unspecified atom stereocenters. The molecular weight excluding hydrogens is 238 g/mol. The Morgan fingerprint density at radius 3 is 2.33 bits per heavy atom. The van der Waals surface area contributed by atoms with Crippen LogP contribution in [0.2, 0.25) is 0 Å². The van der Waals surface area contributed by atoms with Gasteiger partial charge in [-0.15, -0.1) is 0 Å². The summed E-state index contributed by atoms with van der Waals surface area (Å²) in [6.07, 6.45) is 1.06. The van der Waals surface area contributed by atoms with Crippen LogP contribution < -0.4 is 0 Å². The molecule has 18 heavy (non-hydrogen) atoms. The number of hydrogen-bond acceptors (Lipinski definition) is 5. The van der Waals surface area contributed by atoms with E-state index in [9.17, 15) is 9.59 Å². The Morgan fingerprint density at radius 1 is 1.33 bits per heavy atom. The van der Waals surface area contributed by atoms with Gasteiger partial charge in [0.05, 0.1) is 43.3 Å². The van der Waals surface area contributed by atoms with E-state index in [1.165, 1.54) is 12.0 Å². The molecule has 0 spiro atoms. The van der Waals surface area contributed by atoms with Crippen molar-refractivity contribution in [2.45, 2.75) is 31.2 Å². The maximum absolute atomic E-state index is 12.2. The van der Waals surface area contributed by atoms with Crippen LogP contribution in [-0.2, 0) is 19.1 Å². The van der Waals surface area contributed by atoms with Crippen molar-refractivity contribution in [3.8, 4) is 0 Å². The van der Waals surface area contributed by atoms with Gasteiger partial charge in [0.1, 0.15) is 0 Å². The molecule has 6 heteroatoms. The lowest BCUT2D eigenvalue weighted by molar-refractivity contribution is -0.145. The summed E-state index contributed by atoms with van der Waals surface area (Å²) in [6.45, 7) is -0.0661. The highest BCUT2D eigenvalue weighted by Gasteiger charge is 2.62. The molecule has 0 saturated carbocycles. The Morgan fingerprint density at radius 2 is 1.89 bits per heavy atom. The predicted molar refractivity (Wildman–Crippen MR) is 59.5 cm³/mol. The summed E-state index contributed by atoms with van der Waals surface area (Å²) in [5.74, 6) is -0.916. The minimum Gasteiger partial charge on any atom is -0.394 e. The summed E-state index contributed by atoms with van der Waals surface area (Å²) >= 11 is 0. The number of nitrogens with zero attached hydrogens (tertiary/aromatic N) is 1. The molecule has 0 aromatic heterocycles. The molecule has 3 rings (SSSR count). The third kappa shape index (κ3) is 1.52. The standard InChI is InChI=1S/C12H17NO5/c1-17-6(5-14)4-13-11(15)9-7-2-3-8(18-7)10(9)12(13)16/h6-10,14H,2-5H2,1H3/t6?,7?,8?,9-,10?/m0/s1. The second-order valence-electron chi connectivity index (χ2n) is 5.17. The number of likely N-dealkylation sites (tertiary alicyclic amines) is 1. The van der Waals surface area contributed by atoms with E-state index in [0.29, 0.717) is 0 Å². The molecule has 3 aliphatic heterocycles. The Kier molecular flexibility index (Phi) is 2.88. The Hall–Kier alpha value is -0.980. The molecule has 3 fully saturated rings. The molecule has 3 saturated heterocycles. The normalized spacial score (nSPS) is 39.6. The van der Waals surface area contributed by atoms with Crippen LogP contribution in [0.15, 0.2) is 0 Å². The van der Waals surface area contributed by atoms with Crippen molar-refractivity contribution in [1.29, 1.82) is 0 Å². The van der Waals surface area contributed by atoms with Crippen molar-refractivity contribution in [3.05, 3.63) is 0 Å². The molecule has 2 bridgehead atoms. The molecule has 3 heterocycles. The van der Waals surface area contributed by atoms with E-state index in [4.69, 9.17) is 14.6 Å².